The number of aromatic nitrogens is 4. The van der Waals surface area contributed by atoms with Crippen molar-refractivity contribution >= 4 is 5.91 Å². The van der Waals surface area contributed by atoms with E-state index in [4.69, 9.17) is 0 Å². The van der Waals surface area contributed by atoms with Gasteiger partial charge in [-0.15, -0.1) is 0 Å². The standard InChI is InChI=1S/C14H19N5O/c1-9-13(10(2)18(3)17-9)14(20)16-11-5-7-19-12(8-11)4-6-15-19/h4,6,11H,5,7-8H2,1-3H3,(H,16,20). The Kier molecular flexibility index (Phi) is 3.08. The molecule has 6 nitrogen and oxygen atoms in total. The molecule has 2 aromatic heterocycles. The van der Waals surface area contributed by atoms with Crippen molar-refractivity contribution in [2.24, 2.45) is 7.05 Å². The van der Waals surface area contributed by atoms with Crippen molar-refractivity contribution < 1.29 is 4.79 Å². The van der Waals surface area contributed by atoms with E-state index in [0.29, 0.717) is 5.56 Å². The van der Waals surface area contributed by atoms with E-state index in [9.17, 15) is 4.79 Å². The molecule has 1 unspecified atom stereocenters. The lowest BCUT2D eigenvalue weighted by molar-refractivity contribution is 0.0929. The van der Waals surface area contributed by atoms with E-state index in [1.807, 2.05) is 37.8 Å². The maximum absolute atomic E-state index is 12.4. The van der Waals surface area contributed by atoms with Gasteiger partial charge in [-0.05, 0) is 26.3 Å². The summed E-state index contributed by atoms with van der Waals surface area (Å²) in [4.78, 5) is 12.4. The van der Waals surface area contributed by atoms with Gasteiger partial charge < -0.3 is 5.32 Å². The van der Waals surface area contributed by atoms with Crippen LogP contribution in [0.3, 0.4) is 0 Å². The van der Waals surface area contributed by atoms with Gasteiger partial charge in [0.05, 0.1) is 11.3 Å². The number of aryl methyl sites for hydroxylation is 3. The van der Waals surface area contributed by atoms with Gasteiger partial charge >= 0.3 is 0 Å². The number of hydrogen-bond acceptors (Lipinski definition) is 3. The van der Waals surface area contributed by atoms with Crippen LogP contribution in [-0.2, 0) is 20.0 Å². The number of carbonyl (C=O) groups is 1. The van der Waals surface area contributed by atoms with Gasteiger partial charge in [0.1, 0.15) is 0 Å². The molecule has 6 heteroatoms. The fourth-order valence-electron chi connectivity index (χ4n) is 2.85. The number of nitrogens with zero attached hydrogens (tertiary/aromatic N) is 4. The second-order valence-corrected chi connectivity index (χ2v) is 5.38. The third-order valence-corrected chi connectivity index (χ3v) is 4.02. The first kappa shape index (κ1) is 12.9. The van der Waals surface area contributed by atoms with E-state index in [-0.39, 0.29) is 11.9 Å². The second kappa shape index (κ2) is 4.77. The molecule has 0 radical (unpaired) electrons. The van der Waals surface area contributed by atoms with Crippen LogP contribution in [0.4, 0.5) is 0 Å². The summed E-state index contributed by atoms with van der Waals surface area (Å²) < 4.78 is 3.75. The second-order valence-electron chi connectivity index (χ2n) is 5.38. The number of nitrogens with one attached hydrogen (secondary N) is 1. The van der Waals surface area contributed by atoms with E-state index in [1.54, 1.807) is 4.68 Å². The molecule has 0 spiro atoms. The number of fused-ring (bicyclic) bond motifs is 1. The van der Waals surface area contributed by atoms with Crippen molar-refractivity contribution in [3.8, 4) is 0 Å². The topological polar surface area (TPSA) is 64.7 Å². The zero-order valence-electron chi connectivity index (χ0n) is 12.1. The van der Waals surface area contributed by atoms with Crippen LogP contribution < -0.4 is 5.32 Å². The lowest BCUT2D eigenvalue weighted by atomic mass is 10.0. The van der Waals surface area contributed by atoms with Gasteiger partial charge in [0.25, 0.3) is 5.91 Å². The lowest BCUT2D eigenvalue weighted by Crippen LogP contribution is -2.40. The molecule has 1 aliphatic rings. The third kappa shape index (κ3) is 2.11. The maximum Gasteiger partial charge on any atom is 0.255 e. The molecule has 1 aliphatic heterocycles. The summed E-state index contributed by atoms with van der Waals surface area (Å²) in [5, 5.41) is 11.7. The highest BCUT2D eigenvalue weighted by molar-refractivity contribution is 5.96. The van der Waals surface area contributed by atoms with E-state index in [2.05, 4.69) is 15.5 Å². The molecule has 0 saturated heterocycles. The molecule has 0 aliphatic carbocycles. The summed E-state index contributed by atoms with van der Waals surface area (Å²) in [5.41, 5.74) is 3.57. The summed E-state index contributed by atoms with van der Waals surface area (Å²) >= 11 is 0. The largest absolute Gasteiger partial charge is 0.349 e. The highest BCUT2D eigenvalue weighted by Crippen LogP contribution is 2.16. The summed E-state index contributed by atoms with van der Waals surface area (Å²) in [6.45, 7) is 4.65. The minimum absolute atomic E-state index is 0.0222. The van der Waals surface area contributed by atoms with Crippen LogP contribution >= 0.6 is 0 Å². The van der Waals surface area contributed by atoms with Gasteiger partial charge in [-0.1, -0.05) is 0 Å². The molecule has 0 saturated carbocycles. The highest BCUT2D eigenvalue weighted by atomic mass is 16.1. The SMILES string of the molecule is Cc1nn(C)c(C)c1C(=O)NC1CCn2nccc2C1. The Hall–Kier alpha value is -2.11. The fraction of sp³-hybridized carbons (Fsp3) is 0.500. The predicted octanol–water partition coefficient (Wildman–Crippen LogP) is 0.978. The van der Waals surface area contributed by atoms with Crippen LogP contribution in [0, 0.1) is 13.8 Å². The zero-order valence-corrected chi connectivity index (χ0v) is 12.1. The highest BCUT2D eigenvalue weighted by Gasteiger charge is 2.23. The molecule has 3 heterocycles. The first-order valence-electron chi connectivity index (χ1n) is 6.88. The van der Waals surface area contributed by atoms with Gasteiger partial charge in [0.15, 0.2) is 0 Å². The van der Waals surface area contributed by atoms with Gasteiger partial charge in [0, 0.05) is 43.6 Å². The van der Waals surface area contributed by atoms with E-state index in [1.165, 1.54) is 5.69 Å². The Labute approximate surface area is 117 Å². The lowest BCUT2D eigenvalue weighted by Gasteiger charge is -2.24. The van der Waals surface area contributed by atoms with Crippen LogP contribution in [0.15, 0.2) is 12.3 Å². The average molecular weight is 273 g/mol. The Morgan fingerprint density at radius 3 is 2.95 bits per heavy atom. The molecule has 1 amide bonds. The molecule has 0 bridgehead atoms. The summed E-state index contributed by atoms with van der Waals surface area (Å²) in [5.74, 6) is -0.0222. The van der Waals surface area contributed by atoms with Crippen molar-refractivity contribution in [1.29, 1.82) is 0 Å². The smallest absolute Gasteiger partial charge is 0.255 e. The molecule has 2 aromatic rings. The molecule has 0 fully saturated rings. The molecular weight excluding hydrogens is 254 g/mol. The van der Waals surface area contributed by atoms with Crippen molar-refractivity contribution in [1.82, 2.24) is 24.9 Å². The zero-order chi connectivity index (χ0) is 14.3. The predicted molar refractivity (Wildman–Crippen MR) is 74.5 cm³/mol. The monoisotopic (exact) mass is 273 g/mol. The van der Waals surface area contributed by atoms with Crippen LogP contribution in [0.5, 0.6) is 0 Å². The van der Waals surface area contributed by atoms with E-state index >= 15 is 0 Å². The first-order chi connectivity index (χ1) is 9.56. The van der Waals surface area contributed by atoms with Gasteiger partial charge in [0.2, 0.25) is 0 Å². The van der Waals surface area contributed by atoms with Crippen LogP contribution in [0.25, 0.3) is 0 Å². The molecule has 106 valence electrons. The van der Waals surface area contributed by atoms with Crippen LogP contribution in [0.1, 0.15) is 33.9 Å². The summed E-state index contributed by atoms with van der Waals surface area (Å²) in [6, 6.07) is 2.18. The molecule has 3 rings (SSSR count). The maximum atomic E-state index is 12.4. The average Bonchev–Trinajstić information content (AvgIpc) is 2.94. The molecule has 20 heavy (non-hydrogen) atoms. The van der Waals surface area contributed by atoms with Crippen LogP contribution in [0.2, 0.25) is 0 Å². The number of hydrogen-bond donors (Lipinski definition) is 1. The Bertz CT molecular complexity index is 655. The first-order valence-corrected chi connectivity index (χ1v) is 6.88. The third-order valence-electron chi connectivity index (χ3n) is 4.02. The van der Waals surface area contributed by atoms with Crippen molar-refractivity contribution in [2.75, 3.05) is 0 Å². The number of rotatable bonds is 2. The summed E-state index contributed by atoms with van der Waals surface area (Å²) in [7, 11) is 1.86. The van der Waals surface area contributed by atoms with Crippen molar-refractivity contribution in [3.63, 3.8) is 0 Å². The summed E-state index contributed by atoms with van der Waals surface area (Å²) in [6.07, 6.45) is 3.57. The molecular formula is C14H19N5O. The normalized spacial score (nSPS) is 17.9. The fourth-order valence-corrected chi connectivity index (χ4v) is 2.85. The molecule has 0 aromatic carbocycles. The van der Waals surface area contributed by atoms with Gasteiger partial charge in [-0.3, -0.25) is 14.2 Å². The van der Waals surface area contributed by atoms with Gasteiger partial charge in [-0.2, -0.15) is 10.2 Å². The Morgan fingerprint density at radius 2 is 2.25 bits per heavy atom. The Balaban J connectivity index is 1.74. The Morgan fingerprint density at radius 1 is 1.45 bits per heavy atom. The molecule has 1 N–H and O–H groups in total. The van der Waals surface area contributed by atoms with E-state index in [0.717, 1.165) is 30.8 Å². The number of amides is 1. The van der Waals surface area contributed by atoms with Crippen molar-refractivity contribution in [2.45, 2.75) is 39.3 Å². The molecule has 1 atom stereocenters. The van der Waals surface area contributed by atoms with Crippen LogP contribution in [-0.4, -0.2) is 31.5 Å². The minimum Gasteiger partial charge on any atom is -0.349 e. The van der Waals surface area contributed by atoms with Gasteiger partial charge in [-0.25, -0.2) is 0 Å². The minimum atomic E-state index is -0.0222. The quantitative estimate of drug-likeness (QED) is 0.887. The number of carbonyl (C=O) groups excluding carboxylic acids is 1. The van der Waals surface area contributed by atoms with E-state index < -0.39 is 0 Å². The van der Waals surface area contributed by atoms with Crippen molar-refractivity contribution in [3.05, 3.63) is 34.9 Å².